The van der Waals surface area contributed by atoms with E-state index in [4.69, 9.17) is 9.15 Å². The van der Waals surface area contributed by atoms with Crippen molar-refractivity contribution in [1.29, 1.82) is 0 Å². The molecule has 1 aliphatic rings. The number of anilines is 1. The molecule has 0 atom stereocenters. The van der Waals surface area contributed by atoms with Gasteiger partial charge in [-0.25, -0.2) is 18.7 Å². The molecule has 33 heavy (non-hydrogen) atoms. The molecule has 0 bridgehead atoms. The SMILES string of the molecule is CCc1cnc(N2CCC(CCCOc3cc(F)c(-c4nnc(CC)o4)c(F)c3)CC2)nc1. The zero-order valence-electron chi connectivity index (χ0n) is 19.1. The number of ether oxygens (including phenoxy) is 1. The maximum absolute atomic E-state index is 14.5. The molecule has 0 spiro atoms. The van der Waals surface area contributed by atoms with E-state index in [1.54, 1.807) is 0 Å². The first-order chi connectivity index (χ1) is 16.1. The van der Waals surface area contributed by atoms with Crippen LogP contribution in [0, 0.1) is 17.6 Å². The lowest BCUT2D eigenvalue weighted by Crippen LogP contribution is -2.35. The summed E-state index contributed by atoms with van der Waals surface area (Å²) in [5.74, 6) is 0.166. The van der Waals surface area contributed by atoms with Gasteiger partial charge in [-0.15, -0.1) is 10.2 Å². The van der Waals surface area contributed by atoms with Gasteiger partial charge in [-0.1, -0.05) is 13.8 Å². The maximum Gasteiger partial charge on any atom is 0.253 e. The minimum atomic E-state index is -0.780. The Bertz CT molecular complexity index is 1030. The fraction of sp³-hybridized carbons (Fsp3) is 0.500. The summed E-state index contributed by atoms with van der Waals surface area (Å²) in [6.45, 7) is 6.19. The van der Waals surface area contributed by atoms with E-state index in [-0.39, 0.29) is 17.2 Å². The molecule has 1 aromatic carbocycles. The second kappa shape index (κ2) is 10.7. The van der Waals surface area contributed by atoms with Crippen molar-refractivity contribution in [3.63, 3.8) is 0 Å². The summed E-state index contributed by atoms with van der Waals surface area (Å²) < 4.78 is 39.8. The lowest BCUT2D eigenvalue weighted by molar-refractivity contribution is 0.277. The van der Waals surface area contributed by atoms with Crippen molar-refractivity contribution in [2.45, 2.75) is 52.4 Å². The van der Waals surface area contributed by atoms with E-state index in [9.17, 15) is 8.78 Å². The average Bonchev–Trinajstić information content (AvgIpc) is 3.31. The van der Waals surface area contributed by atoms with Gasteiger partial charge < -0.3 is 14.1 Å². The average molecular weight is 458 g/mol. The summed E-state index contributed by atoms with van der Waals surface area (Å²) in [7, 11) is 0. The highest BCUT2D eigenvalue weighted by molar-refractivity contribution is 5.56. The summed E-state index contributed by atoms with van der Waals surface area (Å²) in [4.78, 5) is 11.2. The molecule has 0 amide bonds. The summed E-state index contributed by atoms with van der Waals surface area (Å²) in [6, 6.07) is 2.33. The van der Waals surface area contributed by atoms with Gasteiger partial charge in [-0.05, 0) is 43.6 Å². The monoisotopic (exact) mass is 457 g/mol. The minimum Gasteiger partial charge on any atom is -0.493 e. The maximum atomic E-state index is 14.5. The molecular formula is C24H29F2N5O2. The van der Waals surface area contributed by atoms with E-state index in [2.05, 4.69) is 32.0 Å². The van der Waals surface area contributed by atoms with Gasteiger partial charge in [0, 0.05) is 44.0 Å². The topological polar surface area (TPSA) is 77.2 Å². The van der Waals surface area contributed by atoms with Gasteiger partial charge in [0.1, 0.15) is 22.9 Å². The van der Waals surface area contributed by atoms with E-state index < -0.39 is 11.6 Å². The smallest absolute Gasteiger partial charge is 0.253 e. The third-order valence-corrected chi connectivity index (χ3v) is 6.02. The van der Waals surface area contributed by atoms with Crippen LogP contribution in [0.15, 0.2) is 28.9 Å². The van der Waals surface area contributed by atoms with Crippen LogP contribution in [0.25, 0.3) is 11.5 Å². The van der Waals surface area contributed by atoms with Crippen molar-refractivity contribution in [2.24, 2.45) is 5.92 Å². The van der Waals surface area contributed by atoms with Crippen LogP contribution in [-0.4, -0.2) is 39.9 Å². The molecule has 3 heterocycles. The van der Waals surface area contributed by atoms with E-state index in [0.29, 0.717) is 24.8 Å². The fourth-order valence-corrected chi connectivity index (χ4v) is 4.01. The zero-order chi connectivity index (χ0) is 23.2. The van der Waals surface area contributed by atoms with Crippen LogP contribution in [0.3, 0.4) is 0 Å². The molecule has 9 heteroatoms. The Kier molecular flexibility index (Phi) is 7.47. The van der Waals surface area contributed by atoms with Crippen molar-refractivity contribution in [3.8, 4) is 17.2 Å². The highest BCUT2D eigenvalue weighted by Gasteiger charge is 2.22. The van der Waals surface area contributed by atoms with Crippen LogP contribution in [0.5, 0.6) is 5.75 Å². The molecule has 3 aromatic rings. The lowest BCUT2D eigenvalue weighted by atomic mass is 9.92. The Labute approximate surface area is 192 Å². The van der Waals surface area contributed by atoms with Crippen LogP contribution in [0.2, 0.25) is 0 Å². The Morgan fingerprint density at radius 2 is 1.73 bits per heavy atom. The Balaban J connectivity index is 1.22. The van der Waals surface area contributed by atoms with Gasteiger partial charge in [0.05, 0.1) is 6.61 Å². The molecule has 2 aromatic heterocycles. The van der Waals surface area contributed by atoms with Gasteiger partial charge in [0.15, 0.2) is 0 Å². The molecule has 0 aliphatic carbocycles. The van der Waals surface area contributed by atoms with Crippen molar-refractivity contribution in [2.75, 3.05) is 24.6 Å². The largest absolute Gasteiger partial charge is 0.493 e. The van der Waals surface area contributed by atoms with E-state index in [1.165, 1.54) is 0 Å². The molecule has 0 radical (unpaired) electrons. The first-order valence-electron chi connectivity index (χ1n) is 11.6. The Hall–Kier alpha value is -3.10. The molecular weight excluding hydrogens is 428 g/mol. The third-order valence-electron chi connectivity index (χ3n) is 6.02. The van der Waals surface area contributed by atoms with E-state index in [0.717, 1.165) is 68.8 Å². The summed E-state index contributed by atoms with van der Waals surface area (Å²) in [5.41, 5.74) is 0.818. The summed E-state index contributed by atoms with van der Waals surface area (Å²) in [5, 5.41) is 7.48. The number of hydrogen-bond acceptors (Lipinski definition) is 7. The lowest BCUT2D eigenvalue weighted by Gasteiger charge is -2.32. The number of hydrogen-bond donors (Lipinski definition) is 0. The fourth-order valence-electron chi connectivity index (χ4n) is 4.01. The number of nitrogens with zero attached hydrogens (tertiary/aromatic N) is 5. The number of piperidine rings is 1. The minimum absolute atomic E-state index is 0.159. The van der Waals surface area contributed by atoms with Gasteiger partial charge in [0.25, 0.3) is 5.89 Å². The molecule has 0 N–H and O–H groups in total. The van der Waals surface area contributed by atoms with Crippen molar-refractivity contribution in [1.82, 2.24) is 20.2 Å². The Morgan fingerprint density at radius 3 is 2.33 bits per heavy atom. The van der Waals surface area contributed by atoms with Gasteiger partial charge in [-0.2, -0.15) is 0 Å². The predicted octanol–water partition coefficient (Wildman–Crippen LogP) is 5.01. The predicted molar refractivity (Wildman–Crippen MR) is 120 cm³/mol. The highest BCUT2D eigenvalue weighted by atomic mass is 19.1. The number of rotatable bonds is 9. The second-order valence-electron chi connectivity index (χ2n) is 8.28. The van der Waals surface area contributed by atoms with Gasteiger partial charge >= 0.3 is 0 Å². The van der Waals surface area contributed by atoms with Crippen LogP contribution < -0.4 is 9.64 Å². The first-order valence-corrected chi connectivity index (χ1v) is 11.6. The third kappa shape index (κ3) is 5.64. The van der Waals surface area contributed by atoms with Crippen LogP contribution in [-0.2, 0) is 12.8 Å². The Morgan fingerprint density at radius 1 is 1.03 bits per heavy atom. The van der Waals surface area contributed by atoms with Gasteiger partial charge in [-0.3, -0.25) is 0 Å². The normalized spacial score (nSPS) is 14.6. The van der Waals surface area contributed by atoms with Crippen molar-refractivity contribution >= 4 is 5.95 Å². The molecule has 0 saturated carbocycles. The first kappa shape index (κ1) is 23.1. The number of aryl methyl sites for hydroxylation is 2. The van der Waals surface area contributed by atoms with Crippen molar-refractivity contribution in [3.05, 3.63) is 47.6 Å². The van der Waals surface area contributed by atoms with Crippen molar-refractivity contribution < 1.29 is 17.9 Å². The second-order valence-corrected chi connectivity index (χ2v) is 8.28. The van der Waals surface area contributed by atoms with Gasteiger partial charge in [0.2, 0.25) is 11.8 Å². The molecule has 1 aliphatic heterocycles. The molecule has 176 valence electrons. The standard InChI is InChI=1S/C24H29F2N5O2/c1-3-16-14-27-24(28-15-16)31-9-7-17(8-10-31)6-5-11-32-18-12-19(25)22(20(26)13-18)23-30-29-21(4-2)33-23/h12-15,17H,3-11H2,1-2H3. The van der Waals surface area contributed by atoms with E-state index >= 15 is 0 Å². The molecule has 4 rings (SSSR count). The number of halogens is 2. The number of benzene rings is 1. The molecule has 7 nitrogen and oxygen atoms in total. The number of aromatic nitrogens is 4. The molecule has 0 unspecified atom stereocenters. The van der Waals surface area contributed by atoms with Crippen LogP contribution in [0.1, 0.15) is 51.0 Å². The highest BCUT2D eigenvalue weighted by Crippen LogP contribution is 2.29. The van der Waals surface area contributed by atoms with Crippen LogP contribution >= 0.6 is 0 Å². The zero-order valence-corrected chi connectivity index (χ0v) is 19.1. The summed E-state index contributed by atoms with van der Waals surface area (Å²) >= 11 is 0. The van der Waals surface area contributed by atoms with E-state index in [1.807, 2.05) is 19.3 Å². The molecule has 1 fully saturated rings. The quantitative estimate of drug-likeness (QED) is 0.418. The molecule has 1 saturated heterocycles. The summed E-state index contributed by atoms with van der Waals surface area (Å²) in [6.07, 6.45) is 9.20. The van der Waals surface area contributed by atoms with Crippen LogP contribution in [0.4, 0.5) is 14.7 Å².